The van der Waals surface area contributed by atoms with Crippen LogP contribution in [0.3, 0.4) is 0 Å². The number of rotatable bonds is 13. The smallest absolute Gasteiger partial charge is 0.251 e. The number of para-hydroxylation sites is 1. The fraction of sp³-hybridized carbons (Fsp3) is 0.458. The van der Waals surface area contributed by atoms with E-state index in [-0.39, 0.29) is 5.91 Å². The molecule has 0 saturated heterocycles. The zero-order valence-corrected chi connectivity index (χ0v) is 18.1. The molecule has 152 valence electrons. The molecule has 0 radical (unpaired) electrons. The third-order valence-corrected chi connectivity index (χ3v) is 5.89. The SMILES string of the molecule is CCCCCCCCCCNc1ccccc1Sc1ccc(C(=O)NC)cc1. The maximum Gasteiger partial charge on any atom is 0.251 e. The van der Waals surface area contributed by atoms with Gasteiger partial charge in [-0.2, -0.15) is 0 Å². The molecule has 0 aromatic heterocycles. The first-order valence-electron chi connectivity index (χ1n) is 10.6. The van der Waals surface area contributed by atoms with E-state index >= 15 is 0 Å². The van der Waals surface area contributed by atoms with E-state index < -0.39 is 0 Å². The Morgan fingerprint density at radius 1 is 0.857 bits per heavy atom. The van der Waals surface area contributed by atoms with Crippen molar-refractivity contribution in [2.24, 2.45) is 0 Å². The molecule has 0 unspecified atom stereocenters. The molecule has 0 heterocycles. The molecule has 3 nitrogen and oxygen atoms in total. The molecule has 2 aromatic rings. The number of nitrogens with one attached hydrogen (secondary N) is 2. The average Bonchev–Trinajstić information content (AvgIpc) is 2.73. The second-order valence-corrected chi connectivity index (χ2v) is 8.22. The number of anilines is 1. The molecule has 0 bridgehead atoms. The lowest BCUT2D eigenvalue weighted by Crippen LogP contribution is -2.17. The molecule has 0 aliphatic rings. The molecule has 0 atom stereocenters. The summed E-state index contributed by atoms with van der Waals surface area (Å²) in [6, 6.07) is 16.2. The van der Waals surface area contributed by atoms with Crippen LogP contribution in [0.2, 0.25) is 0 Å². The molecule has 0 saturated carbocycles. The van der Waals surface area contributed by atoms with Crippen LogP contribution >= 0.6 is 11.8 Å². The standard InChI is InChI=1S/C24H34N2OS/c1-3-4-5-6-7-8-9-12-19-26-22-13-10-11-14-23(22)28-21-17-15-20(16-18-21)24(27)25-2/h10-11,13-18,26H,3-9,12,19H2,1-2H3,(H,25,27). The predicted molar refractivity (Wildman–Crippen MR) is 121 cm³/mol. The topological polar surface area (TPSA) is 41.1 Å². The van der Waals surface area contributed by atoms with Gasteiger partial charge in [0.2, 0.25) is 0 Å². The monoisotopic (exact) mass is 398 g/mol. The maximum atomic E-state index is 11.7. The number of benzene rings is 2. The largest absolute Gasteiger partial charge is 0.384 e. The van der Waals surface area contributed by atoms with Crippen molar-refractivity contribution in [1.29, 1.82) is 0 Å². The zero-order chi connectivity index (χ0) is 20.0. The summed E-state index contributed by atoms with van der Waals surface area (Å²) >= 11 is 1.73. The summed E-state index contributed by atoms with van der Waals surface area (Å²) < 4.78 is 0. The minimum Gasteiger partial charge on any atom is -0.384 e. The predicted octanol–water partition coefficient (Wildman–Crippen LogP) is 6.75. The lowest BCUT2D eigenvalue weighted by molar-refractivity contribution is 0.0963. The lowest BCUT2D eigenvalue weighted by atomic mass is 10.1. The van der Waals surface area contributed by atoms with Gasteiger partial charge in [0.1, 0.15) is 0 Å². The Morgan fingerprint density at radius 3 is 2.18 bits per heavy atom. The Kier molecular flexibility index (Phi) is 10.6. The molecule has 0 spiro atoms. The van der Waals surface area contributed by atoms with Gasteiger partial charge in [0, 0.05) is 34.6 Å². The van der Waals surface area contributed by atoms with Crippen LogP contribution in [0.5, 0.6) is 0 Å². The summed E-state index contributed by atoms with van der Waals surface area (Å²) in [7, 11) is 1.65. The van der Waals surface area contributed by atoms with Gasteiger partial charge in [0.05, 0.1) is 0 Å². The Morgan fingerprint density at radius 2 is 1.50 bits per heavy atom. The summed E-state index contributed by atoms with van der Waals surface area (Å²) in [5.41, 5.74) is 1.87. The third-order valence-electron chi connectivity index (χ3n) is 4.80. The number of carbonyl (C=O) groups excluding carboxylic acids is 1. The van der Waals surface area contributed by atoms with Crippen LogP contribution in [-0.4, -0.2) is 19.5 Å². The van der Waals surface area contributed by atoms with E-state index in [1.54, 1.807) is 18.8 Å². The van der Waals surface area contributed by atoms with Crippen LogP contribution in [0.15, 0.2) is 58.3 Å². The van der Waals surface area contributed by atoms with Gasteiger partial charge in [-0.05, 0) is 42.8 Å². The first-order chi connectivity index (χ1) is 13.7. The second kappa shape index (κ2) is 13.3. The summed E-state index contributed by atoms with van der Waals surface area (Å²) in [6.45, 7) is 3.28. The van der Waals surface area contributed by atoms with Crippen molar-refractivity contribution in [3.05, 3.63) is 54.1 Å². The fourth-order valence-corrected chi connectivity index (χ4v) is 4.05. The van der Waals surface area contributed by atoms with Crippen LogP contribution in [0.1, 0.15) is 68.6 Å². The normalized spacial score (nSPS) is 10.6. The van der Waals surface area contributed by atoms with Gasteiger partial charge in [0.15, 0.2) is 0 Å². The molecule has 2 aromatic carbocycles. The van der Waals surface area contributed by atoms with Crippen molar-refractivity contribution < 1.29 is 4.79 Å². The van der Waals surface area contributed by atoms with Crippen molar-refractivity contribution in [3.8, 4) is 0 Å². The van der Waals surface area contributed by atoms with Crippen molar-refractivity contribution in [2.45, 2.75) is 68.1 Å². The minimum absolute atomic E-state index is 0.0519. The number of hydrogen-bond donors (Lipinski definition) is 2. The zero-order valence-electron chi connectivity index (χ0n) is 17.3. The first-order valence-corrected chi connectivity index (χ1v) is 11.4. The van der Waals surface area contributed by atoms with Crippen LogP contribution < -0.4 is 10.6 Å². The summed E-state index contributed by atoms with van der Waals surface area (Å²) in [5.74, 6) is -0.0519. The van der Waals surface area contributed by atoms with E-state index in [1.165, 1.54) is 61.9 Å². The van der Waals surface area contributed by atoms with Crippen LogP contribution in [0, 0.1) is 0 Å². The Hall–Kier alpha value is -1.94. The molecule has 2 rings (SSSR count). The van der Waals surface area contributed by atoms with Crippen LogP contribution in [0.25, 0.3) is 0 Å². The van der Waals surface area contributed by atoms with E-state index in [1.807, 2.05) is 24.3 Å². The average molecular weight is 399 g/mol. The Bertz CT molecular complexity index is 700. The molecule has 0 aliphatic carbocycles. The highest BCUT2D eigenvalue weighted by atomic mass is 32.2. The molecular formula is C24H34N2OS. The van der Waals surface area contributed by atoms with E-state index in [9.17, 15) is 4.79 Å². The summed E-state index contributed by atoms with van der Waals surface area (Å²) in [5, 5.41) is 6.25. The van der Waals surface area contributed by atoms with Gasteiger partial charge in [-0.3, -0.25) is 4.79 Å². The Labute approximate surface area is 174 Å². The molecule has 1 amide bonds. The van der Waals surface area contributed by atoms with Crippen molar-refractivity contribution >= 4 is 23.4 Å². The fourth-order valence-electron chi connectivity index (χ4n) is 3.13. The van der Waals surface area contributed by atoms with Crippen molar-refractivity contribution in [2.75, 3.05) is 18.9 Å². The van der Waals surface area contributed by atoms with Crippen LogP contribution in [-0.2, 0) is 0 Å². The van der Waals surface area contributed by atoms with Gasteiger partial charge in [-0.1, -0.05) is 75.8 Å². The number of hydrogen-bond acceptors (Lipinski definition) is 3. The molecule has 0 aliphatic heterocycles. The van der Waals surface area contributed by atoms with Crippen molar-refractivity contribution in [3.63, 3.8) is 0 Å². The van der Waals surface area contributed by atoms with Crippen LogP contribution in [0.4, 0.5) is 5.69 Å². The molecular weight excluding hydrogens is 364 g/mol. The second-order valence-electron chi connectivity index (χ2n) is 7.10. The number of carbonyl (C=O) groups is 1. The van der Waals surface area contributed by atoms with Crippen molar-refractivity contribution in [1.82, 2.24) is 5.32 Å². The summed E-state index contributed by atoms with van der Waals surface area (Å²) in [6.07, 6.45) is 10.7. The quantitative estimate of drug-likeness (QED) is 0.367. The van der Waals surface area contributed by atoms with Gasteiger partial charge in [-0.15, -0.1) is 0 Å². The molecule has 0 fully saturated rings. The molecule has 4 heteroatoms. The highest BCUT2D eigenvalue weighted by Crippen LogP contribution is 2.33. The van der Waals surface area contributed by atoms with Gasteiger partial charge < -0.3 is 10.6 Å². The van der Waals surface area contributed by atoms with E-state index in [0.29, 0.717) is 5.56 Å². The molecule has 28 heavy (non-hydrogen) atoms. The number of unbranched alkanes of at least 4 members (excludes halogenated alkanes) is 7. The minimum atomic E-state index is -0.0519. The third kappa shape index (κ3) is 7.97. The highest BCUT2D eigenvalue weighted by molar-refractivity contribution is 7.99. The van der Waals surface area contributed by atoms with E-state index in [4.69, 9.17) is 0 Å². The maximum absolute atomic E-state index is 11.7. The van der Waals surface area contributed by atoms with Gasteiger partial charge in [0.25, 0.3) is 5.91 Å². The van der Waals surface area contributed by atoms with E-state index in [0.717, 1.165) is 11.4 Å². The van der Waals surface area contributed by atoms with Gasteiger partial charge in [-0.25, -0.2) is 0 Å². The van der Waals surface area contributed by atoms with Gasteiger partial charge >= 0.3 is 0 Å². The number of amides is 1. The van der Waals surface area contributed by atoms with E-state index in [2.05, 4.69) is 41.8 Å². The molecule has 2 N–H and O–H groups in total. The first kappa shape index (κ1) is 22.4. The Balaban J connectivity index is 1.77. The lowest BCUT2D eigenvalue weighted by Gasteiger charge is -2.12. The summed E-state index contributed by atoms with van der Waals surface area (Å²) in [4.78, 5) is 14.0. The highest BCUT2D eigenvalue weighted by Gasteiger charge is 2.06.